The number of nitro groups is 1. The molecule has 0 bridgehead atoms. The van der Waals surface area contributed by atoms with E-state index < -0.39 is 26.9 Å². The van der Waals surface area contributed by atoms with Crippen LogP contribution in [0.4, 0.5) is 17.1 Å². The van der Waals surface area contributed by atoms with E-state index in [1.54, 1.807) is 0 Å². The van der Waals surface area contributed by atoms with E-state index in [0.29, 0.717) is 0 Å². The number of carbonyl (C=O) groups excluding carboxylic acids is 1. The molecule has 2 aromatic carbocycles. The highest BCUT2D eigenvalue weighted by molar-refractivity contribution is 7.92. The van der Waals surface area contributed by atoms with Crippen molar-refractivity contribution in [3.05, 3.63) is 62.1 Å². The molecule has 2 rings (SSSR count). The summed E-state index contributed by atoms with van der Waals surface area (Å²) >= 11 is 12.1. The van der Waals surface area contributed by atoms with E-state index in [9.17, 15) is 23.3 Å². The molecule has 8 nitrogen and oxygen atoms in total. The van der Waals surface area contributed by atoms with Gasteiger partial charge >= 0.3 is 0 Å². The van der Waals surface area contributed by atoms with Crippen molar-refractivity contribution >= 4 is 56.2 Å². The van der Waals surface area contributed by atoms with E-state index in [1.807, 2.05) is 0 Å². The van der Waals surface area contributed by atoms with E-state index in [2.05, 4.69) is 5.32 Å². The van der Waals surface area contributed by atoms with Gasteiger partial charge in [-0.1, -0.05) is 29.3 Å². The minimum absolute atomic E-state index is 0.0510. The van der Waals surface area contributed by atoms with Crippen LogP contribution in [0.2, 0.25) is 10.0 Å². The van der Waals surface area contributed by atoms with Gasteiger partial charge in [-0.05, 0) is 38.1 Å². The largest absolute Gasteiger partial charge is 0.324 e. The maximum atomic E-state index is 12.7. The Kier molecular flexibility index (Phi) is 6.53. The zero-order valence-electron chi connectivity index (χ0n) is 15.1. The summed E-state index contributed by atoms with van der Waals surface area (Å²) in [7, 11) is -3.90. The summed E-state index contributed by atoms with van der Waals surface area (Å²) in [6, 6.07) is 7.27. The Hall–Kier alpha value is -2.36. The predicted molar refractivity (Wildman–Crippen MR) is 110 cm³/mol. The maximum Gasteiger partial charge on any atom is 0.274 e. The number of hydrogen-bond donors (Lipinski definition) is 1. The van der Waals surface area contributed by atoms with Crippen LogP contribution in [0.15, 0.2) is 36.4 Å². The highest BCUT2D eigenvalue weighted by Gasteiger charge is 2.31. The number of anilines is 2. The number of nitrogens with zero attached hydrogens (tertiary/aromatic N) is 2. The van der Waals surface area contributed by atoms with Crippen LogP contribution in [0.3, 0.4) is 0 Å². The van der Waals surface area contributed by atoms with Crippen molar-refractivity contribution < 1.29 is 18.1 Å². The first-order chi connectivity index (χ1) is 12.9. The molecular weight excluding hydrogens is 429 g/mol. The van der Waals surface area contributed by atoms with E-state index in [0.717, 1.165) is 10.6 Å². The Morgan fingerprint density at radius 2 is 1.89 bits per heavy atom. The molecule has 0 unspecified atom stereocenters. The van der Waals surface area contributed by atoms with Crippen LogP contribution in [0.25, 0.3) is 0 Å². The van der Waals surface area contributed by atoms with Crippen molar-refractivity contribution in [2.75, 3.05) is 15.9 Å². The molecule has 1 atom stereocenters. The molecule has 1 amide bonds. The zero-order valence-corrected chi connectivity index (χ0v) is 17.5. The van der Waals surface area contributed by atoms with Gasteiger partial charge in [0.15, 0.2) is 0 Å². The van der Waals surface area contributed by atoms with Crippen LogP contribution < -0.4 is 9.62 Å². The topological polar surface area (TPSA) is 110 Å². The van der Waals surface area contributed by atoms with Gasteiger partial charge in [0, 0.05) is 11.1 Å². The Morgan fingerprint density at radius 3 is 2.46 bits per heavy atom. The molecule has 0 fully saturated rings. The van der Waals surface area contributed by atoms with Gasteiger partial charge in [0.05, 0.1) is 33.1 Å². The third-order valence-corrected chi connectivity index (χ3v) is 5.78. The van der Waals surface area contributed by atoms with Gasteiger partial charge in [0.2, 0.25) is 15.9 Å². The van der Waals surface area contributed by atoms with Gasteiger partial charge < -0.3 is 5.32 Å². The molecule has 0 radical (unpaired) electrons. The second-order valence-electron chi connectivity index (χ2n) is 6.03. The first-order valence-electron chi connectivity index (χ1n) is 7.92. The number of halogens is 2. The molecule has 0 aliphatic heterocycles. The number of nitro benzene ring substituents is 1. The van der Waals surface area contributed by atoms with Crippen molar-refractivity contribution in [3.8, 4) is 0 Å². The lowest BCUT2D eigenvalue weighted by molar-refractivity contribution is -0.385. The highest BCUT2D eigenvalue weighted by Crippen LogP contribution is 2.33. The van der Waals surface area contributed by atoms with Gasteiger partial charge in [-0.25, -0.2) is 8.42 Å². The minimum Gasteiger partial charge on any atom is -0.324 e. The van der Waals surface area contributed by atoms with Gasteiger partial charge in [0.1, 0.15) is 6.04 Å². The lowest BCUT2D eigenvalue weighted by atomic mass is 10.1. The number of rotatable bonds is 6. The SMILES string of the molecule is Cc1c(NC(=O)[C@@H](C)N(c2cc(Cl)ccc2Cl)S(C)(=O)=O)cccc1[N+](=O)[O-]. The van der Waals surface area contributed by atoms with Crippen LogP contribution >= 0.6 is 23.2 Å². The van der Waals surface area contributed by atoms with Crippen molar-refractivity contribution in [1.29, 1.82) is 0 Å². The van der Waals surface area contributed by atoms with Crippen LogP contribution in [-0.2, 0) is 14.8 Å². The Balaban J connectivity index is 2.42. The molecule has 150 valence electrons. The summed E-state index contributed by atoms with van der Waals surface area (Å²) in [6.45, 7) is 2.86. The lowest BCUT2D eigenvalue weighted by Crippen LogP contribution is -2.45. The zero-order chi connectivity index (χ0) is 21.2. The van der Waals surface area contributed by atoms with E-state index in [1.165, 1.54) is 50.2 Å². The molecule has 11 heteroatoms. The predicted octanol–water partition coefficient (Wildman–Crippen LogP) is 4.00. The summed E-state index contributed by atoms with van der Waals surface area (Å²) in [6.07, 6.45) is 0.937. The number of sulfonamides is 1. The van der Waals surface area contributed by atoms with Crippen LogP contribution in [-0.4, -0.2) is 31.5 Å². The van der Waals surface area contributed by atoms with Crippen molar-refractivity contribution in [1.82, 2.24) is 0 Å². The molecule has 2 aromatic rings. The molecule has 0 heterocycles. The molecule has 0 aliphatic rings. The van der Waals surface area contributed by atoms with Crippen molar-refractivity contribution in [3.63, 3.8) is 0 Å². The molecule has 1 N–H and O–H groups in total. The third kappa shape index (κ3) is 4.73. The standard InChI is InChI=1S/C17H17Cl2N3O5S/c1-10-14(5-4-6-15(10)22(24)25)20-17(23)11(2)21(28(3,26)27)16-9-12(18)7-8-13(16)19/h4-9,11H,1-3H3,(H,20,23)/t11-/m1/s1. The normalized spacial score (nSPS) is 12.3. The summed E-state index contributed by atoms with van der Waals surface area (Å²) in [5, 5.41) is 13.9. The van der Waals surface area contributed by atoms with Crippen molar-refractivity contribution in [2.45, 2.75) is 19.9 Å². The van der Waals surface area contributed by atoms with Gasteiger partial charge in [0.25, 0.3) is 5.69 Å². The van der Waals surface area contributed by atoms with E-state index in [-0.39, 0.29) is 32.7 Å². The highest BCUT2D eigenvalue weighted by atomic mass is 35.5. The second-order valence-corrected chi connectivity index (χ2v) is 8.73. The molecular formula is C17H17Cl2N3O5S. The fourth-order valence-electron chi connectivity index (χ4n) is 2.63. The first kappa shape index (κ1) is 21.9. The number of carbonyl (C=O) groups is 1. The molecule has 0 spiro atoms. The number of amides is 1. The fraction of sp³-hybridized carbons (Fsp3) is 0.235. The minimum atomic E-state index is -3.90. The quantitative estimate of drug-likeness (QED) is 0.533. The Labute approximate surface area is 172 Å². The smallest absolute Gasteiger partial charge is 0.274 e. The molecule has 0 saturated carbocycles. The monoisotopic (exact) mass is 445 g/mol. The summed E-state index contributed by atoms with van der Waals surface area (Å²) in [5.74, 6) is -0.690. The van der Waals surface area contributed by atoms with E-state index >= 15 is 0 Å². The number of hydrogen-bond acceptors (Lipinski definition) is 5. The average Bonchev–Trinajstić information content (AvgIpc) is 2.58. The maximum absolute atomic E-state index is 12.7. The third-order valence-electron chi connectivity index (χ3n) is 3.99. The summed E-state index contributed by atoms with van der Waals surface area (Å²) in [5.41, 5.74) is 0.342. The van der Waals surface area contributed by atoms with Gasteiger partial charge in [-0.3, -0.25) is 19.2 Å². The number of nitrogens with one attached hydrogen (secondary N) is 1. The Morgan fingerprint density at radius 1 is 1.25 bits per heavy atom. The molecule has 0 aliphatic carbocycles. The molecule has 0 aromatic heterocycles. The Bertz CT molecular complexity index is 1040. The van der Waals surface area contributed by atoms with Gasteiger partial charge in [-0.15, -0.1) is 0 Å². The summed E-state index contributed by atoms with van der Waals surface area (Å²) < 4.78 is 25.6. The first-order valence-corrected chi connectivity index (χ1v) is 10.5. The second kappa shape index (κ2) is 8.34. The average molecular weight is 446 g/mol. The summed E-state index contributed by atoms with van der Waals surface area (Å²) in [4.78, 5) is 23.2. The lowest BCUT2D eigenvalue weighted by Gasteiger charge is -2.29. The molecule has 0 saturated heterocycles. The molecule has 28 heavy (non-hydrogen) atoms. The fourth-order valence-corrected chi connectivity index (χ4v) is 4.23. The van der Waals surface area contributed by atoms with Crippen LogP contribution in [0, 0.1) is 17.0 Å². The van der Waals surface area contributed by atoms with E-state index in [4.69, 9.17) is 23.2 Å². The van der Waals surface area contributed by atoms with Gasteiger partial charge in [-0.2, -0.15) is 0 Å². The van der Waals surface area contributed by atoms with Crippen LogP contribution in [0.1, 0.15) is 12.5 Å². The number of benzene rings is 2. The van der Waals surface area contributed by atoms with Crippen molar-refractivity contribution in [2.24, 2.45) is 0 Å². The van der Waals surface area contributed by atoms with Crippen LogP contribution in [0.5, 0.6) is 0 Å².